The molecule has 90 valence electrons. The zero-order chi connectivity index (χ0) is 12.6. The van der Waals surface area contributed by atoms with Crippen LogP contribution in [0.3, 0.4) is 0 Å². The summed E-state index contributed by atoms with van der Waals surface area (Å²) in [5.74, 6) is -0.190. The first-order chi connectivity index (χ1) is 7.99. The summed E-state index contributed by atoms with van der Waals surface area (Å²) in [6.07, 6.45) is 0. The zero-order valence-corrected chi connectivity index (χ0v) is 13.4. The van der Waals surface area contributed by atoms with Crippen molar-refractivity contribution >= 4 is 43.2 Å². The monoisotopic (exact) mass is 376 g/mol. The van der Waals surface area contributed by atoms with Gasteiger partial charge in [0.25, 0.3) is 0 Å². The highest BCUT2D eigenvalue weighted by atomic mass is 79.9. The Morgan fingerprint density at radius 2 is 1.88 bits per heavy atom. The maximum Gasteiger partial charge on any atom is 0.129 e. The van der Waals surface area contributed by atoms with Crippen molar-refractivity contribution in [2.45, 2.75) is 18.7 Å². The summed E-state index contributed by atoms with van der Waals surface area (Å²) < 4.78 is 14.6. The van der Waals surface area contributed by atoms with Crippen molar-refractivity contribution in [3.8, 4) is 0 Å². The molecule has 0 saturated carbocycles. The van der Waals surface area contributed by atoms with Crippen LogP contribution in [-0.2, 0) is 0 Å². The van der Waals surface area contributed by atoms with Gasteiger partial charge in [-0.1, -0.05) is 37.9 Å². The van der Waals surface area contributed by atoms with Crippen molar-refractivity contribution < 1.29 is 4.39 Å². The molecule has 0 spiro atoms. The van der Waals surface area contributed by atoms with E-state index in [1.165, 1.54) is 15.8 Å². The molecule has 17 heavy (non-hydrogen) atoms. The van der Waals surface area contributed by atoms with Crippen LogP contribution in [0.4, 0.5) is 4.39 Å². The van der Waals surface area contributed by atoms with E-state index in [2.05, 4.69) is 51.8 Å². The third-order valence-corrected chi connectivity index (χ3v) is 5.05. The minimum Gasteiger partial charge on any atom is -0.207 e. The molecule has 2 rings (SSSR count). The van der Waals surface area contributed by atoms with Gasteiger partial charge >= 0.3 is 0 Å². The summed E-state index contributed by atoms with van der Waals surface area (Å²) in [5, 5.41) is 0. The normalized spacial score (nSPS) is 12.8. The summed E-state index contributed by atoms with van der Waals surface area (Å²) in [6, 6.07) is 7.28. The van der Waals surface area contributed by atoms with Crippen molar-refractivity contribution in [3.05, 3.63) is 55.4 Å². The Balaban J connectivity index is 2.43. The van der Waals surface area contributed by atoms with Crippen LogP contribution in [-0.4, -0.2) is 0 Å². The maximum absolute atomic E-state index is 13.9. The molecule has 1 heterocycles. The van der Waals surface area contributed by atoms with Crippen LogP contribution < -0.4 is 0 Å². The Kier molecular flexibility index (Phi) is 4.06. The van der Waals surface area contributed by atoms with E-state index in [-0.39, 0.29) is 10.6 Å². The number of halogens is 3. The first-order valence-corrected chi connectivity index (χ1v) is 7.67. The fourth-order valence-corrected chi connectivity index (χ4v) is 4.07. The lowest BCUT2D eigenvalue weighted by Gasteiger charge is -2.11. The number of rotatable bonds is 2. The first-order valence-electron chi connectivity index (χ1n) is 5.15. The van der Waals surface area contributed by atoms with Crippen LogP contribution in [0.2, 0.25) is 0 Å². The van der Waals surface area contributed by atoms with Crippen LogP contribution in [0.15, 0.2) is 28.7 Å². The highest BCUT2D eigenvalue weighted by molar-refractivity contribution is 9.10. The first kappa shape index (κ1) is 13.2. The third kappa shape index (κ3) is 2.80. The molecule has 0 aliphatic heterocycles. The van der Waals surface area contributed by atoms with E-state index < -0.39 is 0 Å². The van der Waals surface area contributed by atoms with E-state index in [0.29, 0.717) is 5.56 Å². The number of benzene rings is 1. The van der Waals surface area contributed by atoms with Crippen LogP contribution in [0.25, 0.3) is 0 Å². The van der Waals surface area contributed by atoms with Crippen LogP contribution in [0.1, 0.15) is 25.7 Å². The fourth-order valence-electron chi connectivity index (χ4n) is 1.78. The summed E-state index contributed by atoms with van der Waals surface area (Å²) in [6.45, 7) is 4.14. The predicted molar refractivity (Wildman–Crippen MR) is 78.7 cm³/mol. The van der Waals surface area contributed by atoms with Gasteiger partial charge in [-0.3, -0.25) is 0 Å². The highest BCUT2D eigenvalue weighted by Gasteiger charge is 2.18. The third-order valence-electron chi connectivity index (χ3n) is 2.59. The summed E-state index contributed by atoms with van der Waals surface area (Å²) in [4.78, 5) is 2.40. The summed E-state index contributed by atoms with van der Waals surface area (Å²) in [7, 11) is 0. The van der Waals surface area contributed by atoms with Gasteiger partial charge in [-0.2, -0.15) is 0 Å². The van der Waals surface area contributed by atoms with Crippen molar-refractivity contribution in [2.75, 3.05) is 0 Å². The molecule has 0 radical (unpaired) electrons. The van der Waals surface area contributed by atoms with Crippen LogP contribution >= 0.6 is 43.2 Å². The van der Waals surface area contributed by atoms with E-state index in [9.17, 15) is 4.39 Å². The number of hydrogen-bond donors (Lipinski definition) is 0. The molecule has 2 aromatic rings. The molecule has 1 unspecified atom stereocenters. The maximum atomic E-state index is 13.9. The molecule has 0 amide bonds. The molecule has 0 aliphatic carbocycles. The van der Waals surface area contributed by atoms with Crippen LogP contribution in [0, 0.1) is 19.7 Å². The largest absolute Gasteiger partial charge is 0.207 e. The number of thiophene rings is 1. The molecule has 1 aromatic carbocycles. The van der Waals surface area contributed by atoms with Gasteiger partial charge in [0.2, 0.25) is 0 Å². The van der Waals surface area contributed by atoms with Gasteiger partial charge in [-0.15, -0.1) is 11.3 Å². The van der Waals surface area contributed by atoms with E-state index in [1.54, 1.807) is 11.3 Å². The molecule has 1 atom stereocenters. The molecule has 1 aromatic heterocycles. The molecule has 0 saturated heterocycles. The Hall–Kier alpha value is -0.190. The number of hydrogen-bond acceptors (Lipinski definition) is 1. The smallest absolute Gasteiger partial charge is 0.129 e. The van der Waals surface area contributed by atoms with Crippen LogP contribution in [0.5, 0.6) is 0 Å². The minimum absolute atomic E-state index is 0.0828. The summed E-state index contributed by atoms with van der Waals surface area (Å²) in [5.41, 5.74) is 1.82. The molecule has 0 bridgehead atoms. The molecule has 4 heteroatoms. The van der Waals surface area contributed by atoms with Gasteiger partial charge in [0.05, 0.1) is 4.83 Å². The average Bonchev–Trinajstić information content (AvgIpc) is 2.57. The second kappa shape index (κ2) is 5.21. The van der Waals surface area contributed by atoms with E-state index in [0.717, 1.165) is 10.0 Å². The lowest BCUT2D eigenvalue weighted by molar-refractivity contribution is 0.612. The van der Waals surface area contributed by atoms with Gasteiger partial charge in [-0.05, 0) is 37.6 Å². The average molecular weight is 378 g/mol. The predicted octanol–water partition coefficient (Wildman–Crippen LogP) is 5.75. The molecule has 0 fully saturated rings. The lowest BCUT2D eigenvalue weighted by Crippen LogP contribution is -1.96. The number of alkyl halides is 1. The topological polar surface area (TPSA) is 0 Å². The zero-order valence-electron chi connectivity index (χ0n) is 9.43. The van der Waals surface area contributed by atoms with Gasteiger partial charge in [-0.25, -0.2) is 4.39 Å². The Labute approximate surface area is 121 Å². The Morgan fingerprint density at radius 1 is 1.18 bits per heavy atom. The van der Waals surface area contributed by atoms with Crippen molar-refractivity contribution in [1.82, 2.24) is 0 Å². The summed E-state index contributed by atoms with van der Waals surface area (Å²) >= 11 is 8.59. The van der Waals surface area contributed by atoms with Crippen molar-refractivity contribution in [3.63, 3.8) is 0 Å². The van der Waals surface area contributed by atoms with E-state index in [4.69, 9.17) is 0 Å². The van der Waals surface area contributed by atoms with Gasteiger partial charge in [0, 0.05) is 19.8 Å². The molecular weight excluding hydrogens is 367 g/mol. The fraction of sp³-hybridized carbons (Fsp3) is 0.231. The molecular formula is C13H11Br2FS. The van der Waals surface area contributed by atoms with Gasteiger partial charge < -0.3 is 0 Å². The quantitative estimate of drug-likeness (QED) is 0.584. The molecule has 0 nitrogen and oxygen atoms in total. The Bertz CT molecular complexity index is 548. The minimum atomic E-state index is -0.190. The lowest BCUT2D eigenvalue weighted by atomic mass is 10.1. The second-order valence-corrected chi connectivity index (χ2v) is 7.19. The molecule has 0 aliphatic rings. The SMILES string of the molecule is Cc1cc(C(Br)c2ccc(Br)cc2F)c(C)s1. The van der Waals surface area contributed by atoms with E-state index >= 15 is 0 Å². The molecule has 0 N–H and O–H groups in total. The second-order valence-electron chi connectivity index (χ2n) is 3.90. The van der Waals surface area contributed by atoms with Crippen molar-refractivity contribution in [1.29, 1.82) is 0 Å². The van der Waals surface area contributed by atoms with Crippen molar-refractivity contribution in [2.24, 2.45) is 0 Å². The van der Waals surface area contributed by atoms with E-state index in [1.807, 2.05) is 12.1 Å². The number of aryl methyl sites for hydroxylation is 2. The van der Waals surface area contributed by atoms with Gasteiger partial charge in [0.1, 0.15) is 5.82 Å². The standard InChI is InChI=1S/C13H11Br2FS/c1-7-5-11(8(2)17-7)13(15)10-4-3-9(14)6-12(10)16/h3-6,13H,1-2H3. The Morgan fingerprint density at radius 3 is 2.41 bits per heavy atom. The van der Waals surface area contributed by atoms with Gasteiger partial charge in [0.15, 0.2) is 0 Å². The highest BCUT2D eigenvalue weighted by Crippen LogP contribution is 2.38.